The van der Waals surface area contributed by atoms with Crippen LogP contribution < -0.4 is 11.2 Å². The van der Waals surface area contributed by atoms with E-state index in [4.69, 9.17) is 20.8 Å². The molecular weight excluding hydrogens is 436 g/mol. The fraction of sp³-hybridized carbons (Fsp3) is 0.381. The molecular formula is C21H23ClN6O4. The van der Waals surface area contributed by atoms with E-state index in [2.05, 4.69) is 15.2 Å². The van der Waals surface area contributed by atoms with Gasteiger partial charge in [0.15, 0.2) is 11.2 Å². The summed E-state index contributed by atoms with van der Waals surface area (Å²) in [5.41, 5.74) is 0.490. The van der Waals surface area contributed by atoms with Crippen LogP contribution in [0.5, 0.6) is 0 Å². The minimum atomic E-state index is -0.466. The van der Waals surface area contributed by atoms with Crippen LogP contribution in [-0.4, -0.2) is 42.6 Å². The van der Waals surface area contributed by atoms with Crippen LogP contribution in [0.3, 0.4) is 0 Å². The van der Waals surface area contributed by atoms with Crippen molar-refractivity contribution in [3.63, 3.8) is 0 Å². The Kier molecular flexibility index (Phi) is 6.24. The fourth-order valence-electron chi connectivity index (χ4n) is 3.58. The number of hydrogen-bond donors (Lipinski definition) is 0. The lowest BCUT2D eigenvalue weighted by atomic mass is 10.2. The maximum Gasteiger partial charge on any atom is 0.333 e. The first-order valence-corrected chi connectivity index (χ1v) is 10.6. The molecule has 0 aliphatic rings. The number of ether oxygens (including phenoxy) is 1. The van der Waals surface area contributed by atoms with Gasteiger partial charge in [0.1, 0.15) is 12.4 Å². The average molecular weight is 459 g/mol. The summed E-state index contributed by atoms with van der Waals surface area (Å²) in [5.74, 6) is 1.07. The zero-order chi connectivity index (χ0) is 22.8. The lowest BCUT2D eigenvalue weighted by Gasteiger charge is -2.11. The molecule has 168 valence electrons. The Balaban J connectivity index is 1.81. The Morgan fingerprint density at radius 3 is 2.50 bits per heavy atom. The second kappa shape index (κ2) is 9.09. The predicted molar refractivity (Wildman–Crippen MR) is 119 cm³/mol. The maximum atomic E-state index is 13.4. The summed E-state index contributed by atoms with van der Waals surface area (Å²) >= 11 is 5.92. The van der Waals surface area contributed by atoms with Crippen molar-refractivity contribution in [2.75, 3.05) is 13.7 Å². The Morgan fingerprint density at radius 1 is 1.06 bits per heavy atom. The van der Waals surface area contributed by atoms with Crippen LogP contribution in [0, 0.1) is 6.92 Å². The van der Waals surface area contributed by atoms with E-state index in [1.54, 1.807) is 42.9 Å². The lowest BCUT2D eigenvalue weighted by molar-refractivity contribution is 0.187. The van der Waals surface area contributed by atoms with Crippen LogP contribution >= 0.6 is 11.6 Å². The molecule has 4 rings (SSSR count). The van der Waals surface area contributed by atoms with E-state index in [1.807, 2.05) is 6.92 Å². The van der Waals surface area contributed by atoms with Crippen LogP contribution in [0.2, 0.25) is 5.02 Å². The van der Waals surface area contributed by atoms with Gasteiger partial charge in [-0.05, 0) is 37.6 Å². The number of methoxy groups -OCH3 is 1. The van der Waals surface area contributed by atoms with Gasteiger partial charge in [0, 0.05) is 30.8 Å². The Bertz CT molecular complexity index is 1370. The zero-order valence-electron chi connectivity index (χ0n) is 18.0. The Morgan fingerprint density at radius 2 is 1.81 bits per heavy atom. The van der Waals surface area contributed by atoms with Crippen molar-refractivity contribution in [3.05, 3.63) is 61.8 Å². The molecule has 0 saturated carbocycles. The molecule has 32 heavy (non-hydrogen) atoms. The van der Waals surface area contributed by atoms with Crippen LogP contribution in [0.25, 0.3) is 22.6 Å². The minimum Gasteiger partial charge on any atom is -0.419 e. The number of aryl methyl sites for hydroxylation is 2. The molecule has 11 heteroatoms. The van der Waals surface area contributed by atoms with E-state index < -0.39 is 11.2 Å². The van der Waals surface area contributed by atoms with Gasteiger partial charge in [-0.2, -0.15) is 0 Å². The minimum absolute atomic E-state index is 0.146. The number of halogens is 1. The number of nitrogens with zero attached hydrogens (tertiary/aromatic N) is 6. The molecule has 0 aliphatic carbocycles. The SMILES string of the molecule is CCCn1c(=O)n(Cc2nnc(-c3ccc(Cl)cc3)o2)c(=O)c2c1nc(C)n2CCOC. The summed E-state index contributed by atoms with van der Waals surface area (Å²) in [5, 5.41) is 8.65. The van der Waals surface area contributed by atoms with Crippen molar-refractivity contribution in [1.29, 1.82) is 0 Å². The highest BCUT2D eigenvalue weighted by Gasteiger charge is 2.21. The van der Waals surface area contributed by atoms with Crippen molar-refractivity contribution < 1.29 is 9.15 Å². The van der Waals surface area contributed by atoms with E-state index in [-0.39, 0.29) is 18.3 Å². The van der Waals surface area contributed by atoms with E-state index in [0.717, 1.165) is 4.57 Å². The quantitative estimate of drug-likeness (QED) is 0.399. The monoisotopic (exact) mass is 458 g/mol. The maximum absolute atomic E-state index is 13.4. The van der Waals surface area contributed by atoms with Gasteiger partial charge in [-0.25, -0.2) is 14.3 Å². The van der Waals surface area contributed by atoms with E-state index >= 15 is 0 Å². The van der Waals surface area contributed by atoms with Crippen molar-refractivity contribution in [1.82, 2.24) is 28.9 Å². The van der Waals surface area contributed by atoms with E-state index in [1.165, 1.54) is 4.57 Å². The van der Waals surface area contributed by atoms with Gasteiger partial charge >= 0.3 is 5.69 Å². The number of aromatic nitrogens is 6. The number of imidazole rings is 1. The normalized spacial score (nSPS) is 11.5. The summed E-state index contributed by atoms with van der Waals surface area (Å²) in [7, 11) is 1.59. The molecule has 0 spiro atoms. The van der Waals surface area contributed by atoms with Crippen LogP contribution in [0.15, 0.2) is 38.3 Å². The highest BCUT2D eigenvalue weighted by Crippen LogP contribution is 2.20. The molecule has 0 bridgehead atoms. The molecule has 0 N–H and O–H groups in total. The molecule has 4 aromatic rings. The van der Waals surface area contributed by atoms with Crippen molar-refractivity contribution in [2.45, 2.75) is 39.9 Å². The largest absolute Gasteiger partial charge is 0.419 e. The molecule has 0 fully saturated rings. The number of benzene rings is 1. The average Bonchev–Trinajstić information content (AvgIpc) is 3.37. The van der Waals surface area contributed by atoms with Crippen molar-refractivity contribution in [3.8, 4) is 11.5 Å². The molecule has 0 unspecified atom stereocenters. The fourth-order valence-corrected chi connectivity index (χ4v) is 3.71. The van der Waals surface area contributed by atoms with Gasteiger partial charge in [-0.3, -0.25) is 9.36 Å². The van der Waals surface area contributed by atoms with Crippen LogP contribution in [0.4, 0.5) is 0 Å². The zero-order valence-corrected chi connectivity index (χ0v) is 18.8. The molecule has 0 saturated heterocycles. The summed E-state index contributed by atoms with van der Waals surface area (Å²) < 4.78 is 15.3. The molecule has 0 radical (unpaired) electrons. The van der Waals surface area contributed by atoms with Crippen molar-refractivity contribution in [2.24, 2.45) is 0 Å². The topological polar surface area (TPSA) is 110 Å². The molecule has 0 amide bonds. The molecule has 0 aliphatic heterocycles. The van der Waals surface area contributed by atoms with Gasteiger partial charge in [0.2, 0.25) is 11.8 Å². The summed E-state index contributed by atoms with van der Waals surface area (Å²) in [6.07, 6.45) is 0.707. The van der Waals surface area contributed by atoms with Gasteiger partial charge in [-0.1, -0.05) is 18.5 Å². The molecule has 3 aromatic heterocycles. The van der Waals surface area contributed by atoms with E-state index in [0.29, 0.717) is 53.7 Å². The third-order valence-electron chi connectivity index (χ3n) is 5.12. The standard InChI is InChI=1S/C21H23ClN6O4/c1-4-9-27-18-17(26(10-11-31-3)13(2)23-18)20(29)28(21(27)30)12-16-24-25-19(32-16)14-5-7-15(22)8-6-14/h5-8H,4,9-12H2,1-3H3. The Hall–Kier alpha value is -3.24. The highest BCUT2D eigenvalue weighted by atomic mass is 35.5. The van der Waals surface area contributed by atoms with Gasteiger partial charge < -0.3 is 13.7 Å². The Labute approximate surface area is 188 Å². The first-order chi connectivity index (χ1) is 15.4. The molecule has 0 atom stereocenters. The highest BCUT2D eigenvalue weighted by molar-refractivity contribution is 6.30. The van der Waals surface area contributed by atoms with Gasteiger partial charge in [0.05, 0.1) is 6.61 Å². The summed E-state index contributed by atoms with van der Waals surface area (Å²) in [6.45, 7) is 4.89. The lowest BCUT2D eigenvalue weighted by Crippen LogP contribution is -2.41. The van der Waals surface area contributed by atoms with E-state index in [9.17, 15) is 9.59 Å². The van der Waals surface area contributed by atoms with Crippen LogP contribution in [-0.2, 0) is 24.4 Å². The smallest absolute Gasteiger partial charge is 0.333 e. The molecule has 3 heterocycles. The number of fused-ring (bicyclic) bond motifs is 1. The second-order valence-corrected chi connectivity index (χ2v) is 7.75. The number of rotatable bonds is 8. The van der Waals surface area contributed by atoms with Gasteiger partial charge in [-0.15, -0.1) is 10.2 Å². The predicted octanol–water partition coefficient (Wildman–Crippen LogP) is 2.48. The second-order valence-electron chi connectivity index (χ2n) is 7.31. The molecule has 1 aromatic carbocycles. The third kappa shape index (κ3) is 3.98. The first-order valence-electron chi connectivity index (χ1n) is 10.2. The van der Waals surface area contributed by atoms with Crippen LogP contribution in [0.1, 0.15) is 25.1 Å². The first kappa shape index (κ1) is 22.0. The van der Waals surface area contributed by atoms with Gasteiger partial charge in [0.25, 0.3) is 5.56 Å². The third-order valence-corrected chi connectivity index (χ3v) is 5.37. The summed E-state index contributed by atoms with van der Waals surface area (Å²) in [6, 6.07) is 6.94. The number of hydrogen-bond acceptors (Lipinski definition) is 7. The summed E-state index contributed by atoms with van der Waals surface area (Å²) in [4.78, 5) is 31.1. The molecule has 10 nitrogen and oxygen atoms in total. The van der Waals surface area contributed by atoms with Crippen molar-refractivity contribution >= 4 is 22.8 Å².